The van der Waals surface area contributed by atoms with Gasteiger partial charge in [0.15, 0.2) is 0 Å². The zero-order valence-corrected chi connectivity index (χ0v) is 12.9. The van der Waals surface area contributed by atoms with Gasteiger partial charge in [0.2, 0.25) is 0 Å². The van der Waals surface area contributed by atoms with Gasteiger partial charge in [-0.25, -0.2) is 0 Å². The Morgan fingerprint density at radius 2 is 2.11 bits per heavy atom. The van der Waals surface area contributed by atoms with Crippen molar-refractivity contribution in [3.05, 3.63) is 0 Å². The molecule has 1 aliphatic carbocycles. The summed E-state index contributed by atoms with van der Waals surface area (Å²) in [6, 6.07) is 0.543. The molecule has 2 fully saturated rings. The molecule has 0 aromatic carbocycles. The highest BCUT2D eigenvalue weighted by atomic mass is 16.5. The van der Waals surface area contributed by atoms with Crippen molar-refractivity contribution < 1.29 is 9.47 Å². The summed E-state index contributed by atoms with van der Waals surface area (Å²) in [6.45, 7) is 9.62. The van der Waals surface area contributed by atoms with Gasteiger partial charge in [0.1, 0.15) is 0 Å². The Balaban J connectivity index is 1.83. The molecule has 1 heterocycles. The Morgan fingerprint density at radius 1 is 1.26 bits per heavy atom. The van der Waals surface area contributed by atoms with Gasteiger partial charge >= 0.3 is 0 Å². The van der Waals surface area contributed by atoms with Crippen LogP contribution in [0.15, 0.2) is 0 Å². The zero-order valence-electron chi connectivity index (χ0n) is 12.9. The normalized spacial score (nSPS) is 36.0. The van der Waals surface area contributed by atoms with Gasteiger partial charge in [-0.1, -0.05) is 20.8 Å². The maximum atomic E-state index is 6.22. The van der Waals surface area contributed by atoms with Gasteiger partial charge in [-0.3, -0.25) is 0 Å². The minimum absolute atomic E-state index is 0.349. The van der Waals surface area contributed by atoms with E-state index in [1.807, 2.05) is 0 Å². The van der Waals surface area contributed by atoms with Gasteiger partial charge in [-0.15, -0.1) is 0 Å². The van der Waals surface area contributed by atoms with Crippen LogP contribution in [0.1, 0.15) is 52.9 Å². The van der Waals surface area contributed by atoms with Crippen LogP contribution in [0.25, 0.3) is 0 Å². The maximum Gasteiger partial charge on any atom is 0.0809 e. The number of nitrogens with one attached hydrogen (secondary N) is 1. The van der Waals surface area contributed by atoms with Crippen LogP contribution in [-0.2, 0) is 9.47 Å². The molecular weight excluding hydrogens is 238 g/mol. The van der Waals surface area contributed by atoms with Crippen molar-refractivity contribution in [3.8, 4) is 0 Å². The first-order valence-corrected chi connectivity index (χ1v) is 8.17. The molecule has 3 nitrogen and oxygen atoms in total. The molecule has 112 valence electrons. The van der Waals surface area contributed by atoms with Crippen LogP contribution in [0.2, 0.25) is 0 Å². The Morgan fingerprint density at radius 3 is 2.74 bits per heavy atom. The fourth-order valence-corrected chi connectivity index (χ4v) is 3.45. The highest BCUT2D eigenvalue weighted by molar-refractivity contribution is 4.87. The van der Waals surface area contributed by atoms with E-state index >= 15 is 0 Å². The third-order valence-corrected chi connectivity index (χ3v) is 4.76. The molecule has 1 N–H and O–H groups in total. The molecule has 1 saturated heterocycles. The Kier molecular flexibility index (Phi) is 6.11. The highest BCUT2D eigenvalue weighted by Crippen LogP contribution is 2.32. The van der Waals surface area contributed by atoms with E-state index in [-0.39, 0.29) is 0 Å². The van der Waals surface area contributed by atoms with Crippen molar-refractivity contribution in [1.29, 1.82) is 0 Å². The van der Waals surface area contributed by atoms with E-state index in [9.17, 15) is 0 Å². The number of ether oxygens (including phenoxy) is 2. The van der Waals surface area contributed by atoms with E-state index in [0.717, 1.165) is 31.6 Å². The van der Waals surface area contributed by atoms with Crippen molar-refractivity contribution in [1.82, 2.24) is 5.32 Å². The summed E-state index contributed by atoms with van der Waals surface area (Å²) in [5, 5.41) is 3.60. The van der Waals surface area contributed by atoms with Crippen LogP contribution in [0.4, 0.5) is 0 Å². The van der Waals surface area contributed by atoms with E-state index in [1.165, 1.54) is 32.1 Å². The first-order chi connectivity index (χ1) is 9.20. The molecule has 1 saturated carbocycles. The van der Waals surface area contributed by atoms with E-state index < -0.39 is 0 Å². The summed E-state index contributed by atoms with van der Waals surface area (Å²) < 4.78 is 11.9. The lowest BCUT2D eigenvalue weighted by Crippen LogP contribution is -2.47. The summed E-state index contributed by atoms with van der Waals surface area (Å²) in [5.74, 6) is 1.60. The van der Waals surface area contributed by atoms with Crippen LogP contribution in [0.3, 0.4) is 0 Å². The average Bonchev–Trinajstić information content (AvgIpc) is 2.90. The minimum Gasteiger partial charge on any atom is -0.376 e. The fraction of sp³-hybridized carbons (Fsp3) is 1.00. The Bertz CT molecular complexity index is 251. The minimum atomic E-state index is 0.349. The predicted molar refractivity (Wildman–Crippen MR) is 78.4 cm³/mol. The van der Waals surface area contributed by atoms with Gasteiger partial charge < -0.3 is 14.8 Å². The summed E-state index contributed by atoms with van der Waals surface area (Å²) in [5.41, 5.74) is 0. The molecular formula is C16H31NO2. The molecule has 4 atom stereocenters. The van der Waals surface area contributed by atoms with Crippen molar-refractivity contribution >= 4 is 0 Å². The second-order valence-electron chi connectivity index (χ2n) is 6.49. The molecule has 0 radical (unpaired) electrons. The molecule has 0 amide bonds. The lowest BCUT2D eigenvalue weighted by atomic mass is 9.78. The predicted octanol–water partition coefficient (Wildman–Crippen LogP) is 2.98. The van der Waals surface area contributed by atoms with Gasteiger partial charge in [0, 0.05) is 12.6 Å². The fourth-order valence-electron chi connectivity index (χ4n) is 3.45. The molecule has 0 aromatic rings. The van der Waals surface area contributed by atoms with Gasteiger partial charge in [0.25, 0.3) is 0 Å². The van der Waals surface area contributed by atoms with Gasteiger partial charge in [-0.05, 0) is 50.5 Å². The number of hydrogen-bond acceptors (Lipinski definition) is 3. The maximum absolute atomic E-state index is 6.22. The Labute approximate surface area is 118 Å². The number of rotatable bonds is 6. The second kappa shape index (κ2) is 7.61. The first-order valence-electron chi connectivity index (χ1n) is 8.17. The van der Waals surface area contributed by atoms with E-state index in [1.54, 1.807) is 0 Å². The first kappa shape index (κ1) is 15.3. The third-order valence-electron chi connectivity index (χ3n) is 4.76. The average molecular weight is 269 g/mol. The zero-order chi connectivity index (χ0) is 13.7. The third kappa shape index (κ3) is 4.44. The number of hydrogen-bond donors (Lipinski definition) is 1. The van der Waals surface area contributed by atoms with Gasteiger partial charge in [0.05, 0.1) is 18.8 Å². The monoisotopic (exact) mass is 269 g/mol. The highest BCUT2D eigenvalue weighted by Gasteiger charge is 2.32. The largest absolute Gasteiger partial charge is 0.376 e. The number of likely N-dealkylation sites (N-methyl/N-ethyl adjacent to an activating group) is 1. The van der Waals surface area contributed by atoms with Crippen LogP contribution in [0, 0.1) is 11.8 Å². The molecule has 2 rings (SSSR count). The van der Waals surface area contributed by atoms with E-state index in [2.05, 4.69) is 26.1 Å². The molecule has 1 aliphatic heterocycles. The van der Waals surface area contributed by atoms with E-state index in [0.29, 0.717) is 18.2 Å². The van der Waals surface area contributed by atoms with Crippen LogP contribution in [-0.4, -0.2) is 38.0 Å². The SMILES string of the molecule is CCNC1CCC(C(C)C)CC1OCC1CCCO1. The molecule has 0 bridgehead atoms. The summed E-state index contributed by atoms with van der Waals surface area (Å²) in [6.07, 6.45) is 6.91. The standard InChI is InChI=1S/C16H31NO2/c1-4-17-15-8-7-13(12(2)3)10-16(15)19-11-14-6-5-9-18-14/h12-17H,4-11H2,1-3H3. The smallest absolute Gasteiger partial charge is 0.0809 e. The lowest BCUT2D eigenvalue weighted by molar-refractivity contribution is -0.0573. The topological polar surface area (TPSA) is 30.5 Å². The Hall–Kier alpha value is -0.120. The van der Waals surface area contributed by atoms with Crippen molar-refractivity contribution in [2.24, 2.45) is 11.8 Å². The van der Waals surface area contributed by atoms with Crippen molar-refractivity contribution in [2.75, 3.05) is 19.8 Å². The summed E-state index contributed by atoms with van der Waals surface area (Å²) >= 11 is 0. The molecule has 2 aliphatic rings. The quantitative estimate of drug-likeness (QED) is 0.804. The van der Waals surface area contributed by atoms with Crippen LogP contribution < -0.4 is 5.32 Å². The molecule has 3 heteroatoms. The summed E-state index contributed by atoms with van der Waals surface area (Å²) in [7, 11) is 0. The lowest BCUT2D eigenvalue weighted by Gasteiger charge is -2.38. The van der Waals surface area contributed by atoms with Crippen LogP contribution >= 0.6 is 0 Å². The molecule has 0 aromatic heterocycles. The van der Waals surface area contributed by atoms with E-state index in [4.69, 9.17) is 9.47 Å². The second-order valence-corrected chi connectivity index (χ2v) is 6.49. The summed E-state index contributed by atoms with van der Waals surface area (Å²) in [4.78, 5) is 0. The van der Waals surface area contributed by atoms with Crippen molar-refractivity contribution in [3.63, 3.8) is 0 Å². The van der Waals surface area contributed by atoms with Crippen LogP contribution in [0.5, 0.6) is 0 Å². The molecule has 0 spiro atoms. The van der Waals surface area contributed by atoms with Crippen molar-refractivity contribution in [2.45, 2.75) is 71.1 Å². The molecule has 4 unspecified atom stereocenters. The van der Waals surface area contributed by atoms with Gasteiger partial charge in [-0.2, -0.15) is 0 Å². The molecule has 19 heavy (non-hydrogen) atoms.